The summed E-state index contributed by atoms with van der Waals surface area (Å²) in [7, 11) is 0. The van der Waals surface area contributed by atoms with Crippen molar-refractivity contribution in [2.75, 3.05) is 26.2 Å². The SMILES string of the molecule is CCN1CCC[C@@H]1CN1C[C@@H](C(=O)N[C@@H](C)c2ccncc2)CC1=O. The zero-order chi connectivity index (χ0) is 17.8. The Morgan fingerprint density at radius 3 is 2.88 bits per heavy atom. The average molecular weight is 344 g/mol. The summed E-state index contributed by atoms with van der Waals surface area (Å²) in [6.07, 6.45) is 6.12. The van der Waals surface area contributed by atoms with Crippen LogP contribution in [0.15, 0.2) is 24.5 Å². The highest BCUT2D eigenvalue weighted by Crippen LogP contribution is 2.24. The number of carbonyl (C=O) groups excluding carboxylic acids is 2. The predicted molar refractivity (Wildman–Crippen MR) is 95.8 cm³/mol. The number of amides is 2. The third kappa shape index (κ3) is 4.18. The van der Waals surface area contributed by atoms with Gasteiger partial charge < -0.3 is 10.2 Å². The Balaban J connectivity index is 1.54. The van der Waals surface area contributed by atoms with E-state index in [0.717, 1.165) is 31.6 Å². The fraction of sp³-hybridized carbons (Fsp3) is 0.632. The van der Waals surface area contributed by atoms with Crippen molar-refractivity contribution in [3.63, 3.8) is 0 Å². The first kappa shape index (κ1) is 17.9. The van der Waals surface area contributed by atoms with Crippen LogP contribution in [0.25, 0.3) is 0 Å². The Bertz CT molecular complexity index is 607. The molecule has 6 heteroatoms. The van der Waals surface area contributed by atoms with E-state index in [2.05, 4.69) is 22.1 Å². The van der Waals surface area contributed by atoms with Gasteiger partial charge in [-0.25, -0.2) is 0 Å². The summed E-state index contributed by atoms with van der Waals surface area (Å²) < 4.78 is 0. The molecular weight excluding hydrogens is 316 g/mol. The lowest BCUT2D eigenvalue weighted by Crippen LogP contribution is -2.41. The van der Waals surface area contributed by atoms with Gasteiger partial charge in [0, 0.05) is 37.9 Å². The van der Waals surface area contributed by atoms with Crippen molar-refractivity contribution in [2.24, 2.45) is 5.92 Å². The van der Waals surface area contributed by atoms with Gasteiger partial charge in [-0.15, -0.1) is 0 Å². The zero-order valence-corrected chi connectivity index (χ0v) is 15.1. The maximum atomic E-state index is 12.6. The monoisotopic (exact) mass is 344 g/mol. The molecule has 3 heterocycles. The predicted octanol–water partition coefficient (Wildman–Crippen LogP) is 1.59. The lowest BCUT2D eigenvalue weighted by atomic mass is 10.1. The number of hydrogen-bond donors (Lipinski definition) is 1. The third-order valence-electron chi connectivity index (χ3n) is 5.49. The van der Waals surface area contributed by atoms with Crippen LogP contribution in [-0.2, 0) is 9.59 Å². The number of likely N-dealkylation sites (tertiary alicyclic amines) is 2. The van der Waals surface area contributed by atoms with Crippen LogP contribution in [0.2, 0.25) is 0 Å². The number of carbonyl (C=O) groups is 2. The van der Waals surface area contributed by atoms with Crippen molar-refractivity contribution >= 4 is 11.8 Å². The third-order valence-corrected chi connectivity index (χ3v) is 5.49. The summed E-state index contributed by atoms with van der Waals surface area (Å²) in [6, 6.07) is 4.17. The molecule has 2 aliphatic rings. The van der Waals surface area contributed by atoms with E-state index < -0.39 is 0 Å². The molecule has 0 aliphatic carbocycles. The van der Waals surface area contributed by atoms with E-state index in [1.54, 1.807) is 12.4 Å². The second-order valence-corrected chi connectivity index (χ2v) is 7.14. The number of nitrogens with zero attached hydrogens (tertiary/aromatic N) is 3. The summed E-state index contributed by atoms with van der Waals surface area (Å²) in [5.41, 5.74) is 1.02. The topological polar surface area (TPSA) is 65.5 Å². The van der Waals surface area contributed by atoms with Crippen LogP contribution in [0.4, 0.5) is 0 Å². The van der Waals surface area contributed by atoms with E-state index in [1.165, 1.54) is 6.42 Å². The van der Waals surface area contributed by atoms with Gasteiger partial charge in [0.1, 0.15) is 0 Å². The Morgan fingerprint density at radius 1 is 1.40 bits per heavy atom. The summed E-state index contributed by atoms with van der Waals surface area (Å²) in [4.78, 5) is 33.2. The first-order valence-corrected chi connectivity index (χ1v) is 9.30. The summed E-state index contributed by atoms with van der Waals surface area (Å²) in [5, 5.41) is 3.04. The van der Waals surface area contributed by atoms with Crippen molar-refractivity contribution in [1.29, 1.82) is 0 Å². The standard InChI is InChI=1S/C19H28N4O2/c1-3-22-10-4-5-17(22)13-23-12-16(11-18(23)24)19(25)21-14(2)15-6-8-20-9-7-15/h6-9,14,16-17H,3-5,10-13H2,1-2H3,(H,21,25)/t14-,16-,17+/m0/s1. The lowest BCUT2D eigenvalue weighted by molar-refractivity contribution is -0.129. The molecule has 2 aliphatic heterocycles. The van der Waals surface area contributed by atoms with E-state index >= 15 is 0 Å². The fourth-order valence-electron chi connectivity index (χ4n) is 3.96. The summed E-state index contributed by atoms with van der Waals surface area (Å²) in [6.45, 7) is 7.58. The maximum Gasteiger partial charge on any atom is 0.225 e. The van der Waals surface area contributed by atoms with Crippen LogP contribution in [0.1, 0.15) is 44.7 Å². The number of hydrogen-bond acceptors (Lipinski definition) is 4. The van der Waals surface area contributed by atoms with Gasteiger partial charge in [-0.3, -0.25) is 19.5 Å². The van der Waals surface area contributed by atoms with Crippen molar-refractivity contribution in [3.8, 4) is 0 Å². The number of likely N-dealkylation sites (N-methyl/N-ethyl adjacent to an activating group) is 1. The molecule has 2 fully saturated rings. The molecule has 0 saturated carbocycles. The number of nitrogens with one attached hydrogen (secondary N) is 1. The molecule has 0 spiro atoms. The van der Waals surface area contributed by atoms with Gasteiger partial charge in [-0.1, -0.05) is 6.92 Å². The minimum absolute atomic E-state index is 0.0288. The molecule has 0 aromatic carbocycles. The van der Waals surface area contributed by atoms with Gasteiger partial charge in [-0.2, -0.15) is 0 Å². The quantitative estimate of drug-likeness (QED) is 0.851. The molecule has 2 amide bonds. The highest BCUT2D eigenvalue weighted by molar-refractivity contribution is 5.89. The molecule has 2 saturated heterocycles. The molecule has 1 N–H and O–H groups in total. The second-order valence-electron chi connectivity index (χ2n) is 7.14. The molecular formula is C19H28N4O2. The van der Waals surface area contributed by atoms with Crippen LogP contribution >= 0.6 is 0 Å². The molecule has 1 aromatic rings. The fourth-order valence-corrected chi connectivity index (χ4v) is 3.96. The summed E-state index contributed by atoms with van der Waals surface area (Å²) >= 11 is 0. The molecule has 25 heavy (non-hydrogen) atoms. The molecule has 3 rings (SSSR count). The molecule has 1 aromatic heterocycles. The van der Waals surface area contributed by atoms with Gasteiger partial charge in [0.25, 0.3) is 0 Å². The molecule has 3 atom stereocenters. The van der Waals surface area contributed by atoms with Crippen LogP contribution in [0, 0.1) is 5.92 Å². The molecule has 0 bridgehead atoms. The lowest BCUT2D eigenvalue weighted by Gasteiger charge is -2.27. The van der Waals surface area contributed by atoms with Crippen molar-refractivity contribution in [1.82, 2.24) is 20.1 Å². The Morgan fingerprint density at radius 2 is 2.16 bits per heavy atom. The highest BCUT2D eigenvalue weighted by atomic mass is 16.2. The van der Waals surface area contributed by atoms with Crippen LogP contribution < -0.4 is 5.32 Å². The van der Waals surface area contributed by atoms with Crippen LogP contribution in [0.3, 0.4) is 0 Å². The molecule has 136 valence electrons. The Hall–Kier alpha value is -1.95. The minimum Gasteiger partial charge on any atom is -0.349 e. The van der Waals surface area contributed by atoms with Crippen LogP contribution in [-0.4, -0.2) is 58.8 Å². The van der Waals surface area contributed by atoms with Crippen molar-refractivity contribution in [2.45, 2.75) is 45.2 Å². The molecule has 6 nitrogen and oxygen atoms in total. The average Bonchev–Trinajstić information content (AvgIpc) is 3.22. The number of aromatic nitrogens is 1. The largest absolute Gasteiger partial charge is 0.349 e. The minimum atomic E-state index is -0.242. The van der Waals surface area contributed by atoms with Crippen molar-refractivity contribution < 1.29 is 9.59 Å². The number of pyridine rings is 1. The zero-order valence-electron chi connectivity index (χ0n) is 15.1. The summed E-state index contributed by atoms with van der Waals surface area (Å²) in [5.74, 6) is -0.160. The molecule has 0 unspecified atom stereocenters. The van der Waals surface area contributed by atoms with Crippen molar-refractivity contribution in [3.05, 3.63) is 30.1 Å². The normalized spacial score (nSPS) is 25.4. The second kappa shape index (κ2) is 7.95. The van der Waals surface area contributed by atoms with Gasteiger partial charge >= 0.3 is 0 Å². The van der Waals surface area contributed by atoms with Gasteiger partial charge in [-0.05, 0) is 50.6 Å². The van der Waals surface area contributed by atoms with E-state index in [-0.39, 0.29) is 23.8 Å². The number of rotatable bonds is 6. The van der Waals surface area contributed by atoms with Crippen LogP contribution in [0.5, 0.6) is 0 Å². The highest BCUT2D eigenvalue weighted by Gasteiger charge is 2.37. The van der Waals surface area contributed by atoms with E-state index in [4.69, 9.17) is 0 Å². The maximum absolute atomic E-state index is 12.6. The van der Waals surface area contributed by atoms with E-state index in [0.29, 0.717) is 19.0 Å². The van der Waals surface area contributed by atoms with Gasteiger partial charge in [0.15, 0.2) is 0 Å². The van der Waals surface area contributed by atoms with Gasteiger partial charge in [0.2, 0.25) is 11.8 Å². The van der Waals surface area contributed by atoms with Gasteiger partial charge in [0.05, 0.1) is 12.0 Å². The Labute approximate surface area is 149 Å². The first-order chi connectivity index (χ1) is 12.1. The molecule has 0 radical (unpaired) electrons. The van der Waals surface area contributed by atoms with E-state index in [1.807, 2.05) is 24.0 Å². The first-order valence-electron chi connectivity index (χ1n) is 9.30. The van der Waals surface area contributed by atoms with E-state index in [9.17, 15) is 9.59 Å². The Kier molecular flexibility index (Phi) is 5.68. The smallest absolute Gasteiger partial charge is 0.225 e.